The number of ether oxygens (including phenoxy) is 2. The zero-order chi connectivity index (χ0) is 18.5. The highest BCUT2D eigenvalue weighted by molar-refractivity contribution is 9.10. The molecule has 0 fully saturated rings. The van der Waals surface area contributed by atoms with Crippen molar-refractivity contribution in [3.05, 3.63) is 64.5 Å². The molecule has 134 valence electrons. The number of carbonyl (C=O) groups is 1. The van der Waals surface area contributed by atoms with Crippen LogP contribution in [-0.2, 0) is 11.3 Å². The molecule has 3 rings (SSSR count). The van der Waals surface area contributed by atoms with Gasteiger partial charge in [0.05, 0.1) is 5.56 Å². The Hall–Kier alpha value is -2.81. The number of hydrogen-bond acceptors (Lipinski definition) is 6. The van der Waals surface area contributed by atoms with Crippen molar-refractivity contribution in [3.63, 3.8) is 0 Å². The first kappa shape index (κ1) is 18.0. The molecule has 1 heterocycles. The molecule has 0 aliphatic carbocycles. The SMILES string of the molecule is O=C(OCc1nnc(-c2ccc(Br)cc2)o1)c1cccc(OC(F)F)c1. The van der Waals surface area contributed by atoms with E-state index in [0.29, 0.717) is 0 Å². The lowest BCUT2D eigenvalue weighted by Gasteiger charge is -2.06. The van der Waals surface area contributed by atoms with E-state index in [1.54, 1.807) is 12.1 Å². The van der Waals surface area contributed by atoms with Crippen molar-refractivity contribution in [1.29, 1.82) is 0 Å². The third kappa shape index (κ3) is 4.63. The van der Waals surface area contributed by atoms with Gasteiger partial charge < -0.3 is 13.9 Å². The van der Waals surface area contributed by atoms with E-state index in [9.17, 15) is 13.6 Å². The number of carbonyl (C=O) groups excluding carboxylic acids is 1. The van der Waals surface area contributed by atoms with Gasteiger partial charge in [-0.05, 0) is 42.5 Å². The summed E-state index contributed by atoms with van der Waals surface area (Å²) in [6, 6.07) is 12.5. The van der Waals surface area contributed by atoms with Crippen LogP contribution in [0.3, 0.4) is 0 Å². The molecule has 2 aromatic carbocycles. The molecule has 0 aliphatic heterocycles. The lowest BCUT2D eigenvalue weighted by Crippen LogP contribution is -2.07. The Morgan fingerprint density at radius 2 is 1.92 bits per heavy atom. The van der Waals surface area contributed by atoms with E-state index >= 15 is 0 Å². The fourth-order valence-corrected chi connectivity index (χ4v) is 2.30. The maximum absolute atomic E-state index is 12.2. The van der Waals surface area contributed by atoms with Crippen molar-refractivity contribution < 1.29 is 27.5 Å². The minimum Gasteiger partial charge on any atom is -0.452 e. The lowest BCUT2D eigenvalue weighted by atomic mass is 10.2. The van der Waals surface area contributed by atoms with Gasteiger partial charge in [0.2, 0.25) is 5.89 Å². The van der Waals surface area contributed by atoms with E-state index in [2.05, 4.69) is 30.9 Å². The quantitative estimate of drug-likeness (QED) is 0.543. The van der Waals surface area contributed by atoms with Crippen LogP contribution in [0.15, 0.2) is 57.4 Å². The van der Waals surface area contributed by atoms with Crippen LogP contribution in [0.25, 0.3) is 11.5 Å². The van der Waals surface area contributed by atoms with Gasteiger partial charge in [-0.25, -0.2) is 4.79 Å². The van der Waals surface area contributed by atoms with Gasteiger partial charge in [0.1, 0.15) is 5.75 Å². The molecular formula is C17H11BrF2N2O4. The summed E-state index contributed by atoms with van der Waals surface area (Å²) in [6.45, 7) is -3.22. The molecule has 1 aromatic heterocycles. The van der Waals surface area contributed by atoms with E-state index in [4.69, 9.17) is 9.15 Å². The molecule has 26 heavy (non-hydrogen) atoms. The van der Waals surface area contributed by atoms with Gasteiger partial charge in [-0.3, -0.25) is 0 Å². The highest BCUT2D eigenvalue weighted by atomic mass is 79.9. The predicted molar refractivity (Wildman–Crippen MR) is 89.6 cm³/mol. The van der Waals surface area contributed by atoms with Gasteiger partial charge in [-0.2, -0.15) is 8.78 Å². The molecule has 3 aromatic rings. The second-order valence-corrected chi connectivity index (χ2v) is 5.91. The first-order chi connectivity index (χ1) is 12.5. The second kappa shape index (κ2) is 8.05. The number of benzene rings is 2. The number of aromatic nitrogens is 2. The molecule has 6 nitrogen and oxygen atoms in total. The number of hydrogen-bond donors (Lipinski definition) is 0. The monoisotopic (exact) mass is 424 g/mol. The number of nitrogens with zero attached hydrogens (tertiary/aromatic N) is 2. The van der Waals surface area contributed by atoms with E-state index in [0.717, 1.165) is 16.1 Å². The predicted octanol–water partition coefficient (Wildman–Crippen LogP) is 4.46. The molecule has 0 saturated heterocycles. The Labute approximate surface area is 154 Å². The highest BCUT2D eigenvalue weighted by Gasteiger charge is 2.14. The Morgan fingerprint density at radius 3 is 2.65 bits per heavy atom. The molecule has 0 radical (unpaired) electrons. The van der Waals surface area contributed by atoms with Crippen molar-refractivity contribution >= 4 is 21.9 Å². The topological polar surface area (TPSA) is 74.5 Å². The summed E-state index contributed by atoms with van der Waals surface area (Å²) in [7, 11) is 0. The summed E-state index contributed by atoms with van der Waals surface area (Å²) in [5, 5.41) is 7.70. The van der Waals surface area contributed by atoms with Gasteiger partial charge >= 0.3 is 12.6 Å². The molecule has 0 bridgehead atoms. The first-order valence-corrected chi connectivity index (χ1v) is 8.11. The van der Waals surface area contributed by atoms with E-state index in [1.165, 1.54) is 18.2 Å². The average Bonchev–Trinajstić information content (AvgIpc) is 3.09. The molecule has 0 atom stereocenters. The van der Waals surface area contributed by atoms with Crippen molar-refractivity contribution in [1.82, 2.24) is 10.2 Å². The molecule has 0 N–H and O–H groups in total. The maximum atomic E-state index is 12.2. The van der Waals surface area contributed by atoms with E-state index in [-0.39, 0.29) is 29.7 Å². The summed E-state index contributed by atoms with van der Waals surface area (Å²) >= 11 is 3.33. The zero-order valence-corrected chi connectivity index (χ0v) is 14.7. The van der Waals surface area contributed by atoms with Crippen molar-refractivity contribution in [2.24, 2.45) is 0 Å². The van der Waals surface area contributed by atoms with Crippen LogP contribution in [0.5, 0.6) is 5.75 Å². The fourth-order valence-electron chi connectivity index (χ4n) is 2.03. The third-order valence-electron chi connectivity index (χ3n) is 3.18. The molecule has 0 aliphatic rings. The third-order valence-corrected chi connectivity index (χ3v) is 3.71. The number of esters is 1. The van der Waals surface area contributed by atoms with Gasteiger partial charge in [-0.15, -0.1) is 10.2 Å². The number of alkyl halides is 2. The average molecular weight is 425 g/mol. The highest BCUT2D eigenvalue weighted by Crippen LogP contribution is 2.21. The van der Waals surface area contributed by atoms with Crippen LogP contribution in [0.4, 0.5) is 8.78 Å². The number of halogens is 3. The lowest BCUT2D eigenvalue weighted by molar-refractivity contribution is -0.0499. The molecule has 0 amide bonds. The molecule has 9 heteroatoms. The van der Waals surface area contributed by atoms with Crippen molar-refractivity contribution in [2.75, 3.05) is 0 Å². The van der Waals surface area contributed by atoms with Crippen LogP contribution >= 0.6 is 15.9 Å². The van der Waals surface area contributed by atoms with Crippen LogP contribution in [0, 0.1) is 0 Å². The summed E-state index contributed by atoms with van der Waals surface area (Å²) in [5.74, 6) is -0.468. The van der Waals surface area contributed by atoms with Crippen LogP contribution in [-0.4, -0.2) is 22.8 Å². The Balaban J connectivity index is 1.62. The summed E-state index contributed by atoms with van der Waals surface area (Å²) in [4.78, 5) is 12.0. The minimum absolute atomic E-state index is 0.0656. The van der Waals surface area contributed by atoms with Gasteiger partial charge in [0.15, 0.2) is 6.61 Å². The molecular weight excluding hydrogens is 414 g/mol. The van der Waals surface area contributed by atoms with Crippen LogP contribution in [0.1, 0.15) is 16.2 Å². The first-order valence-electron chi connectivity index (χ1n) is 7.31. The van der Waals surface area contributed by atoms with Crippen LogP contribution in [0.2, 0.25) is 0 Å². The Kier molecular flexibility index (Phi) is 5.57. The molecule has 0 spiro atoms. The summed E-state index contributed by atoms with van der Waals surface area (Å²) < 4.78 is 40.1. The number of rotatable bonds is 6. The standard InChI is InChI=1S/C17H11BrF2N2O4/c18-12-6-4-10(5-7-12)15-22-21-14(26-15)9-24-16(23)11-2-1-3-13(8-11)25-17(19)20/h1-8,17H,9H2. The van der Waals surface area contributed by atoms with Gasteiger partial charge in [0, 0.05) is 10.0 Å². The van der Waals surface area contributed by atoms with Crippen LogP contribution < -0.4 is 4.74 Å². The smallest absolute Gasteiger partial charge is 0.387 e. The summed E-state index contributed by atoms with van der Waals surface area (Å²) in [5.41, 5.74) is 0.783. The van der Waals surface area contributed by atoms with Gasteiger partial charge in [-0.1, -0.05) is 22.0 Å². The van der Waals surface area contributed by atoms with Crippen molar-refractivity contribution in [3.8, 4) is 17.2 Å². The van der Waals surface area contributed by atoms with Crippen molar-refractivity contribution in [2.45, 2.75) is 13.2 Å². The van der Waals surface area contributed by atoms with Gasteiger partial charge in [0.25, 0.3) is 5.89 Å². The van der Waals surface area contributed by atoms with E-state index in [1.807, 2.05) is 12.1 Å². The largest absolute Gasteiger partial charge is 0.452 e. The normalized spacial score (nSPS) is 10.8. The zero-order valence-electron chi connectivity index (χ0n) is 13.1. The van der Waals surface area contributed by atoms with E-state index < -0.39 is 12.6 Å². The molecule has 0 saturated carbocycles. The Bertz CT molecular complexity index is 900. The second-order valence-electron chi connectivity index (χ2n) is 4.99. The Morgan fingerprint density at radius 1 is 1.15 bits per heavy atom. The fraction of sp³-hybridized carbons (Fsp3) is 0.118. The maximum Gasteiger partial charge on any atom is 0.387 e. The summed E-state index contributed by atoms with van der Waals surface area (Å²) in [6.07, 6.45) is 0. The minimum atomic E-state index is -2.98. The molecule has 0 unspecified atom stereocenters.